The van der Waals surface area contributed by atoms with Gasteiger partial charge in [0.2, 0.25) is 11.8 Å². The summed E-state index contributed by atoms with van der Waals surface area (Å²) in [6.45, 7) is 1.40. The Kier molecular flexibility index (Phi) is 7.87. The van der Waals surface area contributed by atoms with Crippen LogP contribution in [0, 0.1) is 5.92 Å². The second kappa shape index (κ2) is 11.0. The van der Waals surface area contributed by atoms with E-state index < -0.39 is 23.3 Å². The van der Waals surface area contributed by atoms with Crippen LogP contribution in [0.3, 0.4) is 0 Å². The molecule has 5 heterocycles. The fourth-order valence-electron chi connectivity index (χ4n) is 4.76. The van der Waals surface area contributed by atoms with Crippen LogP contribution in [0.25, 0.3) is 11.0 Å². The summed E-state index contributed by atoms with van der Waals surface area (Å²) in [7, 11) is 0. The third kappa shape index (κ3) is 5.11. The first-order valence-electron chi connectivity index (χ1n) is 11.9. The van der Waals surface area contributed by atoms with E-state index in [-0.39, 0.29) is 52.8 Å². The fraction of sp³-hybridized carbons (Fsp3) is 0.435. The van der Waals surface area contributed by atoms with Gasteiger partial charge in [0.15, 0.2) is 5.65 Å². The maximum Gasteiger partial charge on any atom is 0.352 e. The molecule has 3 fully saturated rings. The molecule has 38 heavy (non-hydrogen) atoms. The summed E-state index contributed by atoms with van der Waals surface area (Å²) in [6.07, 6.45) is 7.48. The Hall–Kier alpha value is -2.39. The molecule has 2 atom stereocenters. The molecule has 2 aromatic heterocycles. The van der Waals surface area contributed by atoms with Gasteiger partial charge in [0.1, 0.15) is 28.5 Å². The number of nitrogens with zero attached hydrogens (tertiary/aromatic N) is 5. The Morgan fingerprint density at radius 1 is 1.29 bits per heavy atom. The minimum atomic E-state index is -1.22. The van der Waals surface area contributed by atoms with Gasteiger partial charge in [-0.2, -0.15) is 5.10 Å². The van der Waals surface area contributed by atoms with Crippen molar-refractivity contribution in [3.05, 3.63) is 35.4 Å². The molecule has 12 nitrogen and oxygen atoms in total. The Morgan fingerprint density at radius 3 is 2.87 bits per heavy atom. The number of aliphatic carboxylic acids is 1. The summed E-state index contributed by atoms with van der Waals surface area (Å²) in [4.78, 5) is 61.8. The quantitative estimate of drug-likeness (QED) is 0.134. The summed E-state index contributed by atoms with van der Waals surface area (Å²) >= 11 is 2.58. The molecule has 3 amide bonds. The van der Waals surface area contributed by atoms with Gasteiger partial charge < -0.3 is 15.3 Å². The Bertz CT molecular complexity index is 1390. The molecule has 6 rings (SSSR count). The van der Waals surface area contributed by atoms with E-state index in [9.17, 15) is 24.3 Å². The van der Waals surface area contributed by atoms with Crippen LogP contribution in [-0.2, 0) is 19.2 Å². The van der Waals surface area contributed by atoms with Gasteiger partial charge in [-0.15, -0.1) is 11.8 Å². The normalized spacial score (nSPS) is 23.9. The third-order valence-corrected chi connectivity index (χ3v) is 9.11. The summed E-state index contributed by atoms with van der Waals surface area (Å²) < 4.78 is 0. The van der Waals surface area contributed by atoms with Crippen LogP contribution in [0.4, 0.5) is 0 Å². The smallest absolute Gasteiger partial charge is 0.352 e. The number of aromatic nitrogens is 4. The van der Waals surface area contributed by atoms with E-state index in [0.29, 0.717) is 51.8 Å². The average Bonchev–Trinajstić information content (AvgIpc) is 3.46. The van der Waals surface area contributed by atoms with Gasteiger partial charge in [-0.05, 0) is 36.8 Å². The fourth-order valence-corrected chi connectivity index (χ4v) is 6.84. The molecular formula is C23H23N7NaO5S2. The zero-order valence-electron chi connectivity index (χ0n) is 20.5. The number of H-pyrrole nitrogens is 1. The molecule has 1 aliphatic carbocycles. The molecule has 2 saturated heterocycles. The van der Waals surface area contributed by atoms with Gasteiger partial charge in [0.05, 0.1) is 17.3 Å². The number of hydrogen-bond donors (Lipinski definition) is 3. The number of amides is 3. The van der Waals surface area contributed by atoms with Crippen LogP contribution in [0.15, 0.2) is 40.5 Å². The first-order chi connectivity index (χ1) is 17.9. The Labute approximate surface area is 247 Å². The van der Waals surface area contributed by atoms with Gasteiger partial charge in [-0.1, -0.05) is 11.8 Å². The molecular weight excluding hydrogens is 541 g/mol. The molecule has 1 saturated carbocycles. The number of aromatic amines is 1. The minimum absolute atomic E-state index is 0. The summed E-state index contributed by atoms with van der Waals surface area (Å²) in [5, 5.41) is 20.1. The molecule has 0 aromatic carbocycles. The van der Waals surface area contributed by atoms with E-state index in [1.54, 1.807) is 12.3 Å². The summed E-state index contributed by atoms with van der Waals surface area (Å²) in [6, 6.07) is -0.817. The second-order valence-electron chi connectivity index (χ2n) is 9.35. The third-order valence-electron chi connectivity index (χ3n) is 6.81. The number of carbonyl (C=O) groups excluding carboxylic acids is 3. The van der Waals surface area contributed by atoms with E-state index in [4.69, 9.17) is 0 Å². The Morgan fingerprint density at radius 2 is 2.11 bits per heavy atom. The van der Waals surface area contributed by atoms with E-state index >= 15 is 0 Å². The molecule has 0 bridgehead atoms. The van der Waals surface area contributed by atoms with Crippen LogP contribution < -0.4 is 5.32 Å². The molecule has 0 unspecified atom stereocenters. The predicted octanol–water partition coefficient (Wildman–Crippen LogP) is 0.372. The van der Waals surface area contributed by atoms with Gasteiger partial charge in [0, 0.05) is 54.0 Å². The molecule has 3 aliphatic heterocycles. The zero-order chi connectivity index (χ0) is 25.7. The van der Waals surface area contributed by atoms with E-state index in [2.05, 4.69) is 25.5 Å². The number of hydrogen-bond acceptors (Lipinski definition) is 9. The molecule has 15 heteroatoms. The van der Waals surface area contributed by atoms with Crippen molar-refractivity contribution in [2.75, 3.05) is 24.6 Å². The number of β-lactam (4-membered cyclic amide) rings is 1. The van der Waals surface area contributed by atoms with Crippen LogP contribution in [0.2, 0.25) is 0 Å². The molecule has 3 N–H and O–H groups in total. The maximum absolute atomic E-state index is 13.0. The average molecular weight is 565 g/mol. The van der Waals surface area contributed by atoms with Crippen LogP contribution >= 0.6 is 23.5 Å². The summed E-state index contributed by atoms with van der Waals surface area (Å²) in [5.74, 6) is -1.17. The molecule has 2 aromatic rings. The van der Waals surface area contributed by atoms with Crippen molar-refractivity contribution >= 4 is 87.8 Å². The van der Waals surface area contributed by atoms with Crippen molar-refractivity contribution in [1.82, 2.24) is 35.3 Å². The number of carbonyl (C=O) groups is 4. The van der Waals surface area contributed by atoms with Crippen molar-refractivity contribution in [1.29, 1.82) is 0 Å². The number of thioether (sulfide) groups is 2. The number of carboxylic acids is 1. The number of carboxylic acid groups (broad SMARTS) is 1. The maximum atomic E-state index is 13.0. The van der Waals surface area contributed by atoms with E-state index in [0.717, 1.165) is 19.4 Å². The predicted molar refractivity (Wildman–Crippen MR) is 140 cm³/mol. The number of likely N-dealkylation sites (tertiary alicyclic amines) is 1. The van der Waals surface area contributed by atoms with Crippen LogP contribution in [0.5, 0.6) is 0 Å². The van der Waals surface area contributed by atoms with Crippen LogP contribution in [-0.4, -0.2) is 124 Å². The first-order valence-corrected chi connectivity index (χ1v) is 13.9. The summed E-state index contributed by atoms with van der Waals surface area (Å²) in [5.41, 5.74) is 1.49. The zero-order valence-corrected chi connectivity index (χ0v) is 24.2. The second-order valence-corrected chi connectivity index (χ2v) is 11.4. The standard InChI is InChI=1S/C23H23N7O5S2.Na/c31-15(9-36-19-14-6-26-28-18(14)24-10-25-19)27-16-21(33)30-17(23(34)35)13(8-37-22(16)30)5-12-3-4-29(20(12)32)7-11-1-2-11;/h5-6,10-11,16,22H,1-4,7-9H2,(H,27,31)(H,34,35)(H,24,25,26,28);/t16-,22-;/m1./s1. The van der Waals surface area contributed by atoms with Crippen molar-refractivity contribution < 1.29 is 24.3 Å². The van der Waals surface area contributed by atoms with Crippen molar-refractivity contribution in [2.24, 2.45) is 5.92 Å². The van der Waals surface area contributed by atoms with Crippen LogP contribution in [0.1, 0.15) is 19.3 Å². The largest absolute Gasteiger partial charge is 0.477 e. The molecule has 193 valence electrons. The molecule has 0 spiro atoms. The number of nitrogens with one attached hydrogen (secondary N) is 2. The number of allylic oxidation sites excluding steroid dienone is 1. The van der Waals surface area contributed by atoms with Gasteiger partial charge >= 0.3 is 5.97 Å². The minimum Gasteiger partial charge on any atom is -0.477 e. The Balaban J connectivity index is 0.00000294. The van der Waals surface area contributed by atoms with E-state index in [1.807, 2.05) is 4.90 Å². The number of rotatable bonds is 8. The monoisotopic (exact) mass is 564 g/mol. The van der Waals surface area contributed by atoms with Crippen molar-refractivity contribution in [2.45, 2.75) is 35.7 Å². The van der Waals surface area contributed by atoms with Gasteiger partial charge in [-0.25, -0.2) is 14.8 Å². The molecule has 4 aliphatic rings. The number of fused-ring (bicyclic) bond motifs is 2. The van der Waals surface area contributed by atoms with Gasteiger partial charge in [-0.3, -0.25) is 24.4 Å². The topological polar surface area (TPSA) is 161 Å². The SMILES string of the molecule is O=C(CSc1ncnc2[nH]ncc12)N[C@@H]1C(=O)N2C(C(=O)O)=C(C=C3CCN(CC4CC4)C3=O)CS[C@H]12.[Na]. The van der Waals surface area contributed by atoms with E-state index in [1.165, 1.54) is 34.8 Å². The molecule has 1 radical (unpaired) electrons. The van der Waals surface area contributed by atoms with Crippen molar-refractivity contribution in [3.8, 4) is 0 Å². The van der Waals surface area contributed by atoms with Crippen molar-refractivity contribution in [3.63, 3.8) is 0 Å². The first kappa shape index (κ1) is 27.2. The van der Waals surface area contributed by atoms with Gasteiger partial charge in [0.25, 0.3) is 5.91 Å².